The van der Waals surface area contributed by atoms with Gasteiger partial charge in [0.2, 0.25) is 0 Å². The number of rotatable bonds is 2. The van der Waals surface area contributed by atoms with E-state index in [0.29, 0.717) is 0 Å². The Morgan fingerprint density at radius 2 is 1.81 bits per heavy atom. The molecule has 0 aromatic heterocycles. The maximum absolute atomic E-state index is 10.8. The highest BCUT2D eigenvalue weighted by atomic mass is 16.3. The third kappa shape index (κ3) is 2.39. The molecule has 21 heavy (non-hydrogen) atoms. The summed E-state index contributed by atoms with van der Waals surface area (Å²) in [7, 11) is 0. The molecule has 3 unspecified atom stereocenters. The maximum Gasteiger partial charge on any atom is 0.180 e. The van der Waals surface area contributed by atoms with Crippen molar-refractivity contribution in [1.29, 1.82) is 5.26 Å². The molecule has 0 saturated heterocycles. The summed E-state index contributed by atoms with van der Waals surface area (Å²) < 4.78 is 0. The number of benzene rings is 2. The summed E-state index contributed by atoms with van der Waals surface area (Å²) in [5.41, 5.74) is 3.11. The van der Waals surface area contributed by atoms with Crippen LogP contribution in [0, 0.1) is 11.5 Å². The van der Waals surface area contributed by atoms with E-state index >= 15 is 0 Å². The minimum absolute atomic E-state index is 0.0910. The Balaban J connectivity index is 2.07. The van der Waals surface area contributed by atoms with Crippen LogP contribution in [0.5, 0.6) is 0 Å². The van der Waals surface area contributed by atoms with Crippen molar-refractivity contribution in [1.82, 2.24) is 4.90 Å². The Bertz CT molecular complexity index is 662. The number of hydrogen-bond donors (Lipinski definition) is 1. The van der Waals surface area contributed by atoms with E-state index < -0.39 is 6.10 Å². The molecule has 0 saturated carbocycles. The highest BCUT2D eigenvalue weighted by Crippen LogP contribution is 2.40. The van der Waals surface area contributed by atoms with Crippen LogP contribution in [0.25, 0.3) is 0 Å². The zero-order chi connectivity index (χ0) is 14.8. The number of aliphatic hydroxyl groups excluding tert-OH is 1. The lowest BCUT2D eigenvalue weighted by atomic mass is 9.84. The summed E-state index contributed by atoms with van der Waals surface area (Å²) in [5.74, 6) is 0. The van der Waals surface area contributed by atoms with Crippen molar-refractivity contribution < 1.29 is 5.11 Å². The number of nitrogens with zero attached hydrogens (tertiary/aromatic N) is 2. The first-order chi connectivity index (χ1) is 10.2. The third-order valence-electron chi connectivity index (χ3n) is 4.22. The summed E-state index contributed by atoms with van der Waals surface area (Å²) in [6.07, 6.45) is 2.39. The fraction of sp³-hybridized carbons (Fsp3) is 0.278. The van der Waals surface area contributed by atoms with E-state index in [1.807, 2.05) is 55.5 Å². The average Bonchev–Trinajstić information content (AvgIpc) is 2.53. The summed E-state index contributed by atoms with van der Waals surface area (Å²) >= 11 is 0. The van der Waals surface area contributed by atoms with Gasteiger partial charge in [0.15, 0.2) is 6.19 Å². The van der Waals surface area contributed by atoms with Gasteiger partial charge in [0.25, 0.3) is 0 Å². The molecule has 0 amide bonds. The minimum atomic E-state index is -0.713. The van der Waals surface area contributed by atoms with Crippen LogP contribution in [0.3, 0.4) is 0 Å². The van der Waals surface area contributed by atoms with E-state index in [9.17, 15) is 10.4 Å². The third-order valence-corrected chi connectivity index (χ3v) is 4.22. The van der Waals surface area contributed by atoms with E-state index in [0.717, 1.165) is 17.5 Å². The predicted octanol–water partition coefficient (Wildman–Crippen LogP) is 3.19. The van der Waals surface area contributed by atoms with Crippen molar-refractivity contribution >= 4 is 0 Å². The molecule has 3 nitrogen and oxygen atoms in total. The molecular weight excluding hydrogens is 260 g/mol. The Kier molecular flexibility index (Phi) is 3.64. The van der Waals surface area contributed by atoms with Crippen molar-refractivity contribution in [3.05, 3.63) is 71.3 Å². The quantitative estimate of drug-likeness (QED) is 0.858. The van der Waals surface area contributed by atoms with Crippen LogP contribution in [0.4, 0.5) is 0 Å². The minimum Gasteiger partial charge on any atom is -0.386 e. The monoisotopic (exact) mass is 278 g/mol. The number of fused-ring (bicyclic) bond motifs is 1. The molecule has 1 aliphatic rings. The lowest BCUT2D eigenvalue weighted by Crippen LogP contribution is -2.41. The van der Waals surface area contributed by atoms with Crippen LogP contribution in [-0.4, -0.2) is 16.0 Å². The van der Waals surface area contributed by atoms with Gasteiger partial charge < -0.3 is 5.11 Å². The summed E-state index contributed by atoms with van der Waals surface area (Å²) in [5, 5.41) is 20.3. The van der Waals surface area contributed by atoms with Gasteiger partial charge in [-0.3, -0.25) is 4.90 Å². The van der Waals surface area contributed by atoms with Crippen LogP contribution in [0.2, 0.25) is 0 Å². The van der Waals surface area contributed by atoms with Gasteiger partial charge >= 0.3 is 0 Å². The second kappa shape index (κ2) is 5.59. The van der Waals surface area contributed by atoms with Gasteiger partial charge in [-0.1, -0.05) is 54.6 Å². The standard InChI is InChI=1S/C18H18N2O/c1-13-11-15-9-5-6-10-16(15)17(20(13)12-19)18(21)14-7-3-2-4-8-14/h2-10,13,17-18,21H,11H2,1H3. The zero-order valence-electron chi connectivity index (χ0n) is 12.0. The number of nitriles is 1. The van der Waals surface area contributed by atoms with Gasteiger partial charge in [0.1, 0.15) is 6.10 Å². The lowest BCUT2D eigenvalue weighted by molar-refractivity contribution is 0.0523. The Labute approximate surface area is 125 Å². The normalized spacial score (nSPS) is 22.2. The zero-order valence-corrected chi connectivity index (χ0v) is 12.0. The average molecular weight is 278 g/mol. The van der Waals surface area contributed by atoms with E-state index in [2.05, 4.69) is 12.3 Å². The second-order valence-corrected chi connectivity index (χ2v) is 5.56. The molecule has 2 aromatic rings. The van der Waals surface area contributed by atoms with Crippen molar-refractivity contribution in [2.24, 2.45) is 0 Å². The first kappa shape index (κ1) is 13.7. The Morgan fingerprint density at radius 1 is 1.14 bits per heavy atom. The molecule has 0 fully saturated rings. The van der Waals surface area contributed by atoms with Gasteiger partial charge in [0.05, 0.1) is 6.04 Å². The lowest BCUT2D eigenvalue weighted by Gasteiger charge is -2.40. The van der Waals surface area contributed by atoms with Crippen LogP contribution < -0.4 is 0 Å². The maximum atomic E-state index is 10.8. The highest BCUT2D eigenvalue weighted by Gasteiger charge is 2.36. The number of hydrogen-bond acceptors (Lipinski definition) is 3. The number of aliphatic hydroxyl groups is 1. The molecule has 3 rings (SSSR count). The van der Waals surface area contributed by atoms with Crippen LogP contribution in [0.1, 0.15) is 35.8 Å². The van der Waals surface area contributed by atoms with Crippen LogP contribution >= 0.6 is 0 Å². The molecule has 0 aliphatic carbocycles. The van der Waals surface area contributed by atoms with E-state index in [4.69, 9.17) is 0 Å². The first-order valence-corrected chi connectivity index (χ1v) is 7.21. The van der Waals surface area contributed by atoms with Crippen molar-refractivity contribution in [2.45, 2.75) is 31.5 Å². The molecule has 3 atom stereocenters. The smallest absolute Gasteiger partial charge is 0.180 e. The largest absolute Gasteiger partial charge is 0.386 e. The molecule has 0 spiro atoms. The van der Waals surface area contributed by atoms with E-state index in [1.54, 1.807) is 4.90 Å². The first-order valence-electron chi connectivity index (χ1n) is 7.21. The van der Waals surface area contributed by atoms with Gasteiger partial charge in [-0.25, -0.2) is 0 Å². The van der Waals surface area contributed by atoms with E-state index in [-0.39, 0.29) is 12.1 Å². The topological polar surface area (TPSA) is 47.3 Å². The van der Waals surface area contributed by atoms with Gasteiger partial charge in [-0.15, -0.1) is 0 Å². The second-order valence-electron chi connectivity index (χ2n) is 5.56. The van der Waals surface area contributed by atoms with E-state index in [1.165, 1.54) is 5.56 Å². The molecule has 106 valence electrons. The van der Waals surface area contributed by atoms with Crippen molar-refractivity contribution in [2.75, 3.05) is 0 Å². The van der Waals surface area contributed by atoms with Gasteiger partial charge in [-0.2, -0.15) is 5.26 Å². The molecule has 3 heteroatoms. The van der Waals surface area contributed by atoms with Gasteiger partial charge in [0, 0.05) is 6.04 Å². The summed E-state index contributed by atoms with van der Waals surface area (Å²) in [4.78, 5) is 1.72. The molecular formula is C18H18N2O. The SMILES string of the molecule is CC1Cc2ccccc2C(C(O)c2ccccc2)N1C#N. The molecule has 2 aromatic carbocycles. The van der Waals surface area contributed by atoms with Crippen molar-refractivity contribution in [3.63, 3.8) is 0 Å². The molecule has 1 aliphatic heterocycles. The van der Waals surface area contributed by atoms with Crippen LogP contribution in [0.15, 0.2) is 54.6 Å². The molecule has 0 radical (unpaired) electrons. The Morgan fingerprint density at radius 3 is 2.52 bits per heavy atom. The molecule has 0 bridgehead atoms. The fourth-order valence-corrected chi connectivity index (χ4v) is 3.16. The summed E-state index contributed by atoms with van der Waals surface area (Å²) in [6.45, 7) is 2.03. The highest BCUT2D eigenvalue weighted by molar-refractivity contribution is 5.37. The van der Waals surface area contributed by atoms with Crippen LogP contribution in [-0.2, 0) is 6.42 Å². The van der Waals surface area contributed by atoms with Gasteiger partial charge in [-0.05, 0) is 30.0 Å². The predicted molar refractivity (Wildman–Crippen MR) is 81.2 cm³/mol. The molecule has 1 N–H and O–H groups in total. The van der Waals surface area contributed by atoms with Crippen molar-refractivity contribution in [3.8, 4) is 6.19 Å². The molecule has 1 heterocycles. The summed E-state index contributed by atoms with van der Waals surface area (Å²) in [6, 6.07) is 17.4. The fourth-order valence-electron chi connectivity index (χ4n) is 3.16. The Hall–Kier alpha value is -2.31.